The Kier molecular flexibility index (Phi) is 11.4. The van der Waals surface area contributed by atoms with E-state index in [9.17, 15) is 14.4 Å². The van der Waals surface area contributed by atoms with Gasteiger partial charge in [-0.2, -0.15) is 0 Å². The molecular weight excluding hydrogens is 478 g/mol. The fraction of sp³-hybridized carbons (Fsp3) is 0.452. The highest BCUT2D eigenvalue weighted by Crippen LogP contribution is 2.26. The first-order valence-corrected chi connectivity index (χ1v) is 13.2. The maximum Gasteiger partial charge on any atom is 0.408 e. The van der Waals surface area contributed by atoms with E-state index in [1.807, 2.05) is 31.2 Å². The van der Waals surface area contributed by atoms with Crippen LogP contribution in [0.15, 0.2) is 48.5 Å². The average Bonchev–Trinajstić information content (AvgIpc) is 2.85. The maximum atomic E-state index is 13.8. The van der Waals surface area contributed by atoms with Gasteiger partial charge in [0.15, 0.2) is 0 Å². The maximum absolute atomic E-state index is 13.8. The molecule has 7 heteroatoms. The van der Waals surface area contributed by atoms with Crippen molar-refractivity contribution in [3.8, 4) is 12.3 Å². The third kappa shape index (κ3) is 9.26. The second-order valence-corrected chi connectivity index (χ2v) is 10.4. The molecule has 2 rings (SSSR count). The fourth-order valence-corrected chi connectivity index (χ4v) is 4.02. The summed E-state index contributed by atoms with van der Waals surface area (Å²) in [6, 6.07) is 12.7. The number of hydrogen-bond donors (Lipinski definition) is 2. The van der Waals surface area contributed by atoms with E-state index in [0.717, 1.165) is 31.2 Å². The highest BCUT2D eigenvalue weighted by Gasteiger charge is 2.34. The van der Waals surface area contributed by atoms with Gasteiger partial charge in [0, 0.05) is 17.8 Å². The number of alkyl carbamates (subject to hydrolysis) is 1. The van der Waals surface area contributed by atoms with E-state index in [2.05, 4.69) is 23.5 Å². The number of terminal acetylenes is 1. The van der Waals surface area contributed by atoms with Crippen LogP contribution in [0.1, 0.15) is 83.0 Å². The molecule has 0 aliphatic rings. The van der Waals surface area contributed by atoms with Crippen LogP contribution >= 0.6 is 0 Å². The van der Waals surface area contributed by atoms with E-state index in [1.54, 1.807) is 56.9 Å². The molecule has 0 saturated carbocycles. The minimum absolute atomic E-state index is 0.346. The van der Waals surface area contributed by atoms with Gasteiger partial charge in [-0.1, -0.05) is 62.4 Å². The molecule has 0 aliphatic heterocycles. The molecule has 0 bridgehead atoms. The predicted molar refractivity (Wildman–Crippen MR) is 152 cm³/mol. The number of amides is 3. The molecule has 2 unspecified atom stereocenters. The number of ether oxygens (including phenoxy) is 1. The zero-order chi connectivity index (χ0) is 28.3. The monoisotopic (exact) mass is 519 g/mol. The Bertz CT molecular complexity index is 1130. The van der Waals surface area contributed by atoms with Gasteiger partial charge < -0.3 is 20.3 Å². The Morgan fingerprint density at radius 1 is 1.03 bits per heavy atom. The molecule has 0 aromatic heterocycles. The number of unbranched alkanes of at least 4 members (excludes halogenated alkanes) is 3. The highest BCUT2D eigenvalue weighted by molar-refractivity contribution is 5.99. The number of hydrogen-bond acceptors (Lipinski definition) is 4. The van der Waals surface area contributed by atoms with Crippen LogP contribution < -0.4 is 10.6 Å². The van der Waals surface area contributed by atoms with Crippen molar-refractivity contribution < 1.29 is 19.1 Å². The number of carbonyl (C=O) groups is 3. The van der Waals surface area contributed by atoms with Crippen molar-refractivity contribution in [2.75, 3.05) is 11.9 Å². The number of anilines is 1. The van der Waals surface area contributed by atoms with Crippen LogP contribution in [0.3, 0.4) is 0 Å². The van der Waals surface area contributed by atoms with Gasteiger partial charge in [-0.3, -0.25) is 9.59 Å². The van der Waals surface area contributed by atoms with Crippen molar-refractivity contribution in [1.29, 1.82) is 0 Å². The quantitative estimate of drug-likeness (QED) is 0.282. The minimum Gasteiger partial charge on any atom is -0.444 e. The summed E-state index contributed by atoms with van der Waals surface area (Å²) in [6.45, 7) is 11.2. The largest absolute Gasteiger partial charge is 0.444 e. The van der Waals surface area contributed by atoms with Gasteiger partial charge in [0.2, 0.25) is 5.91 Å². The summed E-state index contributed by atoms with van der Waals surface area (Å²) in [5.41, 5.74) is 2.17. The Morgan fingerprint density at radius 3 is 2.26 bits per heavy atom. The first-order chi connectivity index (χ1) is 18.0. The van der Waals surface area contributed by atoms with Crippen LogP contribution in [0.25, 0.3) is 0 Å². The summed E-state index contributed by atoms with van der Waals surface area (Å²) in [5.74, 6) is 1.86. The van der Waals surface area contributed by atoms with Crippen molar-refractivity contribution in [2.24, 2.45) is 0 Å². The van der Waals surface area contributed by atoms with Gasteiger partial charge in [0.05, 0.1) is 0 Å². The van der Waals surface area contributed by atoms with Gasteiger partial charge in [0.25, 0.3) is 5.91 Å². The van der Waals surface area contributed by atoms with Crippen molar-refractivity contribution in [1.82, 2.24) is 10.2 Å². The smallest absolute Gasteiger partial charge is 0.408 e. The molecule has 0 spiro atoms. The fourth-order valence-electron chi connectivity index (χ4n) is 4.02. The zero-order valence-electron chi connectivity index (χ0n) is 23.5. The van der Waals surface area contributed by atoms with Crippen LogP contribution in [-0.4, -0.2) is 41.0 Å². The van der Waals surface area contributed by atoms with Crippen LogP contribution in [-0.2, 0) is 14.3 Å². The molecular formula is C31H41N3O4. The molecule has 2 atom stereocenters. The first kappa shape index (κ1) is 30.4. The van der Waals surface area contributed by atoms with Gasteiger partial charge in [-0.15, -0.1) is 6.42 Å². The Balaban J connectivity index is 2.45. The van der Waals surface area contributed by atoms with E-state index < -0.39 is 23.8 Å². The van der Waals surface area contributed by atoms with E-state index >= 15 is 0 Å². The topological polar surface area (TPSA) is 87.7 Å². The van der Waals surface area contributed by atoms with Crippen LogP contribution in [0, 0.1) is 19.3 Å². The molecule has 0 saturated heterocycles. The third-order valence-electron chi connectivity index (χ3n) is 6.00. The lowest BCUT2D eigenvalue weighted by molar-refractivity contribution is -0.140. The van der Waals surface area contributed by atoms with Crippen molar-refractivity contribution >= 4 is 23.6 Å². The zero-order valence-corrected chi connectivity index (χ0v) is 23.5. The number of rotatable bonds is 11. The molecule has 0 radical (unpaired) electrons. The van der Waals surface area contributed by atoms with Crippen LogP contribution in [0.4, 0.5) is 10.5 Å². The summed E-state index contributed by atoms with van der Waals surface area (Å²) < 4.78 is 5.34. The number of aryl methyl sites for hydroxylation is 1. The van der Waals surface area contributed by atoms with Crippen molar-refractivity contribution in [3.05, 3.63) is 65.2 Å². The number of para-hydroxylation sites is 1. The third-order valence-corrected chi connectivity index (χ3v) is 6.00. The van der Waals surface area contributed by atoms with E-state index in [1.165, 1.54) is 0 Å². The lowest BCUT2D eigenvalue weighted by Crippen LogP contribution is -2.51. The summed E-state index contributed by atoms with van der Waals surface area (Å²) in [5, 5.41) is 5.63. The van der Waals surface area contributed by atoms with Gasteiger partial charge in [-0.25, -0.2) is 4.79 Å². The van der Waals surface area contributed by atoms with Crippen molar-refractivity contribution in [2.45, 2.75) is 84.9 Å². The highest BCUT2D eigenvalue weighted by atomic mass is 16.6. The summed E-state index contributed by atoms with van der Waals surface area (Å²) >= 11 is 0. The summed E-state index contributed by atoms with van der Waals surface area (Å²) in [4.78, 5) is 41.6. The normalized spacial score (nSPS) is 12.6. The van der Waals surface area contributed by atoms with Crippen molar-refractivity contribution in [3.63, 3.8) is 0 Å². The van der Waals surface area contributed by atoms with E-state index in [0.29, 0.717) is 23.4 Å². The SMILES string of the molecule is C#Cc1ccc(C(C(=O)Nc2ccccc2C)N(CCCCCC)C(=O)C(C)NC(=O)OC(C)(C)C)cc1. The molecule has 7 nitrogen and oxygen atoms in total. The van der Waals surface area contributed by atoms with Gasteiger partial charge in [0.1, 0.15) is 17.7 Å². The summed E-state index contributed by atoms with van der Waals surface area (Å²) in [7, 11) is 0. The van der Waals surface area contributed by atoms with Crippen LogP contribution in [0.2, 0.25) is 0 Å². The molecule has 38 heavy (non-hydrogen) atoms. The molecule has 0 heterocycles. The standard InChI is InChI=1S/C31H41N3O4/c1-8-10-11-14-21-34(29(36)23(4)32-30(37)38-31(5,6)7)27(25-19-17-24(9-2)18-20-25)28(35)33-26-16-13-12-15-22(26)3/h2,12-13,15-20,23,27H,8,10-11,14,21H2,1,3-7H3,(H,32,37)(H,33,35). The van der Waals surface area contributed by atoms with Gasteiger partial charge in [-0.05, 0) is 70.4 Å². The number of nitrogens with one attached hydrogen (secondary N) is 2. The molecule has 2 aromatic rings. The summed E-state index contributed by atoms with van der Waals surface area (Å²) in [6.07, 6.45) is 8.54. The van der Waals surface area contributed by atoms with E-state index in [4.69, 9.17) is 11.2 Å². The molecule has 2 N–H and O–H groups in total. The Labute approximate surface area is 227 Å². The molecule has 0 fully saturated rings. The Hall–Kier alpha value is -3.79. The van der Waals surface area contributed by atoms with Gasteiger partial charge >= 0.3 is 6.09 Å². The lowest BCUT2D eigenvalue weighted by atomic mass is 10.0. The molecule has 204 valence electrons. The number of carbonyl (C=O) groups excluding carboxylic acids is 3. The average molecular weight is 520 g/mol. The predicted octanol–water partition coefficient (Wildman–Crippen LogP) is 5.98. The Morgan fingerprint density at radius 2 is 1.68 bits per heavy atom. The number of nitrogens with zero attached hydrogens (tertiary/aromatic N) is 1. The first-order valence-electron chi connectivity index (χ1n) is 13.2. The second kappa shape index (κ2) is 14.2. The molecule has 3 amide bonds. The van der Waals surface area contributed by atoms with E-state index in [-0.39, 0.29) is 11.8 Å². The number of benzene rings is 2. The molecule has 2 aromatic carbocycles. The lowest BCUT2D eigenvalue weighted by Gasteiger charge is -2.34. The van der Waals surface area contributed by atoms with Crippen LogP contribution in [0.5, 0.6) is 0 Å². The minimum atomic E-state index is -0.932. The molecule has 0 aliphatic carbocycles. The second-order valence-electron chi connectivity index (χ2n) is 10.4.